The van der Waals surface area contributed by atoms with Gasteiger partial charge in [-0.2, -0.15) is 0 Å². The highest BCUT2D eigenvalue weighted by atomic mass is 32.2. The zero-order valence-corrected chi connectivity index (χ0v) is 12.4. The molecule has 0 saturated heterocycles. The molecule has 5 nitrogen and oxygen atoms in total. The van der Waals surface area contributed by atoms with E-state index in [0.717, 1.165) is 9.75 Å². The fourth-order valence-corrected chi connectivity index (χ4v) is 4.08. The van der Waals surface area contributed by atoms with Crippen LogP contribution in [0, 0.1) is 6.92 Å². The Kier molecular flexibility index (Phi) is 6.24. The standard InChI is InChI=1S/C11H20N2O3S2/c1-3-16-6-4-5-13-18(14,15)11-7-10(8-12)17-9(11)2/h7,13H,3-6,8,12H2,1-2H3. The lowest BCUT2D eigenvalue weighted by molar-refractivity contribution is 0.146. The molecule has 1 aromatic heterocycles. The monoisotopic (exact) mass is 292 g/mol. The molecule has 0 atom stereocenters. The Morgan fingerprint density at radius 1 is 1.50 bits per heavy atom. The number of rotatable bonds is 8. The van der Waals surface area contributed by atoms with E-state index in [-0.39, 0.29) is 0 Å². The molecule has 0 spiro atoms. The van der Waals surface area contributed by atoms with Gasteiger partial charge in [-0.05, 0) is 26.3 Å². The molecule has 0 aliphatic carbocycles. The average Bonchev–Trinajstić information content (AvgIpc) is 2.71. The average molecular weight is 292 g/mol. The van der Waals surface area contributed by atoms with E-state index in [1.54, 1.807) is 13.0 Å². The van der Waals surface area contributed by atoms with Gasteiger partial charge in [0.25, 0.3) is 0 Å². The fourth-order valence-electron chi connectivity index (χ4n) is 1.49. The quantitative estimate of drug-likeness (QED) is 0.706. The van der Waals surface area contributed by atoms with E-state index >= 15 is 0 Å². The van der Waals surface area contributed by atoms with E-state index in [1.165, 1.54) is 11.3 Å². The van der Waals surface area contributed by atoms with E-state index in [0.29, 0.717) is 37.6 Å². The van der Waals surface area contributed by atoms with Gasteiger partial charge in [-0.1, -0.05) is 0 Å². The molecule has 0 radical (unpaired) electrons. The van der Waals surface area contributed by atoms with Gasteiger partial charge in [-0.15, -0.1) is 11.3 Å². The predicted octanol–water partition coefficient (Wildman–Crippen LogP) is 1.22. The second kappa shape index (κ2) is 7.20. The van der Waals surface area contributed by atoms with Crippen LogP contribution in [-0.2, 0) is 21.3 Å². The number of hydrogen-bond donors (Lipinski definition) is 2. The molecule has 0 saturated carbocycles. The summed E-state index contributed by atoms with van der Waals surface area (Å²) in [5.41, 5.74) is 5.51. The maximum atomic E-state index is 12.0. The molecule has 104 valence electrons. The lowest BCUT2D eigenvalue weighted by Crippen LogP contribution is -2.25. The first-order valence-electron chi connectivity index (χ1n) is 5.88. The number of aryl methyl sites for hydroxylation is 1. The summed E-state index contributed by atoms with van der Waals surface area (Å²) in [6.45, 7) is 5.67. The smallest absolute Gasteiger partial charge is 0.241 e. The van der Waals surface area contributed by atoms with Crippen molar-refractivity contribution >= 4 is 21.4 Å². The third-order valence-corrected chi connectivity index (χ3v) is 5.16. The highest BCUT2D eigenvalue weighted by Crippen LogP contribution is 2.25. The van der Waals surface area contributed by atoms with Crippen LogP contribution in [0.15, 0.2) is 11.0 Å². The first kappa shape index (κ1) is 15.6. The number of hydrogen-bond acceptors (Lipinski definition) is 5. The van der Waals surface area contributed by atoms with Crippen molar-refractivity contribution in [2.45, 2.75) is 31.7 Å². The molecule has 0 aliphatic rings. The molecule has 1 heterocycles. The Morgan fingerprint density at radius 3 is 2.78 bits per heavy atom. The van der Waals surface area contributed by atoms with Crippen LogP contribution in [0.2, 0.25) is 0 Å². The van der Waals surface area contributed by atoms with Gasteiger partial charge in [0.2, 0.25) is 10.0 Å². The Hall–Kier alpha value is -0.470. The van der Waals surface area contributed by atoms with Gasteiger partial charge in [0, 0.05) is 36.1 Å². The van der Waals surface area contributed by atoms with Crippen molar-refractivity contribution in [2.24, 2.45) is 5.73 Å². The topological polar surface area (TPSA) is 81.4 Å². The van der Waals surface area contributed by atoms with Crippen molar-refractivity contribution in [3.8, 4) is 0 Å². The van der Waals surface area contributed by atoms with Gasteiger partial charge >= 0.3 is 0 Å². The van der Waals surface area contributed by atoms with Crippen LogP contribution in [0.25, 0.3) is 0 Å². The molecule has 0 aromatic carbocycles. The normalized spacial score (nSPS) is 11.9. The molecule has 1 aromatic rings. The lowest BCUT2D eigenvalue weighted by Gasteiger charge is -2.06. The third-order valence-electron chi connectivity index (χ3n) is 2.38. The highest BCUT2D eigenvalue weighted by molar-refractivity contribution is 7.89. The SMILES string of the molecule is CCOCCCNS(=O)(=O)c1cc(CN)sc1C. The van der Waals surface area contributed by atoms with Crippen LogP contribution < -0.4 is 10.5 Å². The zero-order valence-electron chi connectivity index (χ0n) is 10.7. The summed E-state index contributed by atoms with van der Waals surface area (Å²) in [6, 6.07) is 1.64. The van der Waals surface area contributed by atoms with Crippen molar-refractivity contribution in [2.75, 3.05) is 19.8 Å². The summed E-state index contributed by atoms with van der Waals surface area (Å²) in [4.78, 5) is 1.99. The Labute approximate surface area is 112 Å². The summed E-state index contributed by atoms with van der Waals surface area (Å²) < 4.78 is 31.8. The van der Waals surface area contributed by atoms with Crippen LogP contribution in [0.5, 0.6) is 0 Å². The van der Waals surface area contributed by atoms with E-state index in [2.05, 4.69) is 4.72 Å². The Bertz CT molecular complexity index is 469. The number of nitrogens with one attached hydrogen (secondary N) is 1. The van der Waals surface area contributed by atoms with Gasteiger partial charge in [0.1, 0.15) is 0 Å². The molecule has 7 heteroatoms. The van der Waals surface area contributed by atoms with E-state index in [1.807, 2.05) is 6.92 Å². The minimum atomic E-state index is -3.42. The van der Waals surface area contributed by atoms with Crippen LogP contribution in [-0.4, -0.2) is 28.2 Å². The van der Waals surface area contributed by atoms with Crippen molar-refractivity contribution in [3.63, 3.8) is 0 Å². The van der Waals surface area contributed by atoms with Gasteiger partial charge in [-0.3, -0.25) is 0 Å². The maximum absolute atomic E-state index is 12.0. The molecule has 18 heavy (non-hydrogen) atoms. The van der Waals surface area contributed by atoms with Gasteiger partial charge in [-0.25, -0.2) is 13.1 Å². The Morgan fingerprint density at radius 2 is 2.22 bits per heavy atom. The molecule has 0 fully saturated rings. The number of thiophene rings is 1. The molecule has 0 aliphatic heterocycles. The summed E-state index contributed by atoms with van der Waals surface area (Å²) in [5.74, 6) is 0. The molecular weight excluding hydrogens is 272 g/mol. The van der Waals surface area contributed by atoms with E-state index in [9.17, 15) is 8.42 Å². The summed E-state index contributed by atoms with van der Waals surface area (Å²) >= 11 is 1.42. The summed E-state index contributed by atoms with van der Waals surface area (Å²) in [6.07, 6.45) is 0.667. The highest BCUT2D eigenvalue weighted by Gasteiger charge is 2.18. The Balaban J connectivity index is 2.60. The van der Waals surface area contributed by atoms with Crippen LogP contribution in [0.3, 0.4) is 0 Å². The molecule has 0 amide bonds. The van der Waals surface area contributed by atoms with Gasteiger partial charge in [0.05, 0.1) is 4.90 Å². The maximum Gasteiger partial charge on any atom is 0.241 e. The second-order valence-corrected chi connectivity index (χ2v) is 6.86. The second-order valence-electron chi connectivity index (χ2n) is 3.79. The minimum Gasteiger partial charge on any atom is -0.382 e. The van der Waals surface area contributed by atoms with Crippen molar-refractivity contribution in [1.29, 1.82) is 0 Å². The molecule has 0 unspecified atom stereocenters. The van der Waals surface area contributed by atoms with E-state index < -0.39 is 10.0 Å². The van der Waals surface area contributed by atoms with Crippen molar-refractivity contribution < 1.29 is 13.2 Å². The minimum absolute atomic E-state index is 0.337. The summed E-state index contributed by atoms with van der Waals surface area (Å²) in [5, 5.41) is 0. The summed E-state index contributed by atoms with van der Waals surface area (Å²) in [7, 11) is -3.42. The van der Waals surface area contributed by atoms with Crippen LogP contribution >= 0.6 is 11.3 Å². The fraction of sp³-hybridized carbons (Fsp3) is 0.636. The van der Waals surface area contributed by atoms with Crippen LogP contribution in [0.4, 0.5) is 0 Å². The van der Waals surface area contributed by atoms with Gasteiger partial charge < -0.3 is 10.5 Å². The van der Waals surface area contributed by atoms with Crippen LogP contribution in [0.1, 0.15) is 23.1 Å². The number of nitrogens with two attached hydrogens (primary N) is 1. The van der Waals surface area contributed by atoms with Gasteiger partial charge in [0.15, 0.2) is 0 Å². The first-order valence-corrected chi connectivity index (χ1v) is 8.18. The first-order chi connectivity index (χ1) is 8.51. The zero-order chi connectivity index (χ0) is 13.6. The van der Waals surface area contributed by atoms with E-state index in [4.69, 9.17) is 10.5 Å². The number of ether oxygens (including phenoxy) is 1. The number of sulfonamides is 1. The molecule has 3 N–H and O–H groups in total. The third kappa shape index (κ3) is 4.33. The molecule has 1 rings (SSSR count). The van der Waals surface area contributed by atoms with Crippen molar-refractivity contribution in [1.82, 2.24) is 4.72 Å². The largest absolute Gasteiger partial charge is 0.382 e. The van der Waals surface area contributed by atoms with Crippen molar-refractivity contribution in [3.05, 3.63) is 15.8 Å². The lowest BCUT2D eigenvalue weighted by atomic mass is 10.4. The molecule has 0 bridgehead atoms. The predicted molar refractivity (Wildman–Crippen MR) is 73.2 cm³/mol. The molecular formula is C11H20N2O3S2.